The van der Waals surface area contributed by atoms with Crippen LogP contribution < -0.4 is 0 Å². The zero-order chi connectivity index (χ0) is 21.6. The van der Waals surface area contributed by atoms with Gasteiger partial charge in [-0.25, -0.2) is 0 Å². The summed E-state index contributed by atoms with van der Waals surface area (Å²) in [6.45, 7) is 11.2. The normalized spacial score (nSPS) is 15.7. The van der Waals surface area contributed by atoms with Crippen LogP contribution in [0.15, 0.2) is 60.7 Å². The summed E-state index contributed by atoms with van der Waals surface area (Å²) in [6.07, 6.45) is 2.36. The quantitative estimate of drug-likeness (QED) is 0.328. The van der Waals surface area contributed by atoms with Gasteiger partial charge in [-0.15, -0.1) is 0 Å². The average Bonchev–Trinajstić information content (AvgIpc) is 3.06. The van der Waals surface area contributed by atoms with Gasteiger partial charge < -0.3 is 0 Å². The third kappa shape index (κ3) is 4.14. The number of aryl methyl sites for hydroxylation is 2. The molecule has 0 aromatic heterocycles. The van der Waals surface area contributed by atoms with Gasteiger partial charge in [0.15, 0.2) is 0 Å². The number of hydrogen-bond acceptors (Lipinski definition) is 0. The van der Waals surface area contributed by atoms with Crippen molar-refractivity contribution in [3.05, 3.63) is 94.0 Å². The molecular weight excluding hydrogens is 486 g/mol. The fourth-order valence-electron chi connectivity index (χ4n) is 4.62. The minimum absolute atomic E-state index is 0.0321. The molecule has 153 valence electrons. The van der Waals surface area contributed by atoms with Crippen molar-refractivity contribution in [2.45, 2.75) is 43.7 Å². The van der Waals surface area contributed by atoms with Gasteiger partial charge in [-0.1, -0.05) is 0 Å². The molecule has 1 unspecified atom stereocenters. The number of fused-ring (bicyclic) bond motifs is 1. The first-order valence-corrected chi connectivity index (χ1v) is 18.1. The number of hydrogen-bond donors (Lipinski definition) is 0. The summed E-state index contributed by atoms with van der Waals surface area (Å²) in [6, 6.07) is 22.0. The standard InChI is InChI=1S/C27H27.2ClH.Zr/c1-18-13-19(2)15-23(14-18)26-24-17-22(20-9-7-6-8-10-20)16-21(24)11-12-25(26)27(3,4)5;;;/h6-17H,1-5H3;2*1H;/q;;;+2/p-2. The Bertz CT molecular complexity index is 1100. The van der Waals surface area contributed by atoms with Gasteiger partial charge in [0, 0.05) is 0 Å². The summed E-state index contributed by atoms with van der Waals surface area (Å²) < 4.78 is 0.159. The number of rotatable bonds is 3. The van der Waals surface area contributed by atoms with Crippen molar-refractivity contribution in [3.8, 4) is 11.1 Å². The fourth-order valence-corrected chi connectivity index (χ4v) is 9.79. The first-order chi connectivity index (χ1) is 14.2. The van der Waals surface area contributed by atoms with Crippen LogP contribution in [0.1, 0.15) is 57.8 Å². The molecule has 0 saturated carbocycles. The molecule has 0 spiro atoms. The monoisotopic (exact) mass is 511 g/mol. The molecular formula is C27H27Cl2Zr. The molecule has 0 saturated heterocycles. The van der Waals surface area contributed by atoms with Crippen molar-refractivity contribution in [2.75, 3.05) is 0 Å². The molecule has 0 fully saturated rings. The Hall–Kier alpha value is -1.14. The van der Waals surface area contributed by atoms with Gasteiger partial charge in [0.05, 0.1) is 0 Å². The van der Waals surface area contributed by atoms with Gasteiger partial charge in [-0.05, 0) is 0 Å². The topological polar surface area (TPSA) is 0 Å². The van der Waals surface area contributed by atoms with Gasteiger partial charge in [0.2, 0.25) is 0 Å². The van der Waals surface area contributed by atoms with E-state index in [4.69, 9.17) is 17.0 Å². The van der Waals surface area contributed by atoms with Gasteiger partial charge in [0.1, 0.15) is 0 Å². The number of allylic oxidation sites excluding steroid dienone is 1. The zero-order valence-corrected chi connectivity index (χ0v) is 22.2. The Morgan fingerprint density at radius 3 is 2.00 bits per heavy atom. The predicted octanol–water partition coefficient (Wildman–Crippen LogP) is 8.79. The minimum atomic E-state index is -2.63. The van der Waals surface area contributed by atoms with Crippen LogP contribution in [0, 0.1) is 13.8 Å². The van der Waals surface area contributed by atoms with Crippen LogP contribution >= 0.6 is 17.0 Å². The van der Waals surface area contributed by atoms with Crippen LogP contribution in [0.4, 0.5) is 0 Å². The van der Waals surface area contributed by atoms with Crippen LogP contribution in [0.5, 0.6) is 0 Å². The molecule has 1 atom stereocenters. The summed E-state index contributed by atoms with van der Waals surface area (Å²) in [5, 5.41) is 0. The summed E-state index contributed by atoms with van der Waals surface area (Å²) >= 11 is -2.63. The summed E-state index contributed by atoms with van der Waals surface area (Å²) in [4.78, 5) is 0. The van der Waals surface area contributed by atoms with Crippen LogP contribution in [0.2, 0.25) is 0 Å². The zero-order valence-electron chi connectivity index (χ0n) is 18.2. The van der Waals surface area contributed by atoms with Gasteiger partial charge in [-0.3, -0.25) is 0 Å². The molecule has 0 nitrogen and oxygen atoms in total. The van der Waals surface area contributed by atoms with Crippen molar-refractivity contribution in [2.24, 2.45) is 0 Å². The molecule has 4 rings (SSSR count). The third-order valence-corrected chi connectivity index (χ3v) is 11.0. The molecule has 0 radical (unpaired) electrons. The number of benzene rings is 3. The average molecular weight is 514 g/mol. The molecule has 3 heteroatoms. The Morgan fingerprint density at radius 1 is 0.800 bits per heavy atom. The van der Waals surface area contributed by atoms with Crippen LogP contribution in [-0.4, -0.2) is 0 Å². The van der Waals surface area contributed by atoms with E-state index >= 15 is 0 Å². The summed E-state index contributed by atoms with van der Waals surface area (Å²) in [5.74, 6) is 0. The van der Waals surface area contributed by atoms with E-state index in [1.165, 1.54) is 50.1 Å². The molecule has 3 aromatic carbocycles. The van der Waals surface area contributed by atoms with Gasteiger partial charge >= 0.3 is 197 Å². The van der Waals surface area contributed by atoms with Crippen LogP contribution in [0.3, 0.4) is 0 Å². The fraction of sp³-hybridized carbons (Fsp3) is 0.259. The van der Waals surface area contributed by atoms with Crippen molar-refractivity contribution in [3.63, 3.8) is 0 Å². The molecule has 3 aromatic rings. The summed E-state index contributed by atoms with van der Waals surface area (Å²) in [7, 11) is 13.5. The van der Waals surface area contributed by atoms with Gasteiger partial charge in [-0.2, -0.15) is 0 Å². The van der Waals surface area contributed by atoms with E-state index in [0.29, 0.717) is 0 Å². The van der Waals surface area contributed by atoms with Crippen molar-refractivity contribution >= 4 is 28.7 Å². The van der Waals surface area contributed by atoms with Crippen LogP contribution in [-0.2, 0) is 24.8 Å². The first kappa shape index (κ1) is 22.1. The maximum absolute atomic E-state index is 6.76. The van der Waals surface area contributed by atoms with Crippen LogP contribution in [0.25, 0.3) is 22.8 Å². The van der Waals surface area contributed by atoms with E-state index in [0.717, 1.165) is 0 Å². The van der Waals surface area contributed by atoms with E-state index in [2.05, 4.69) is 101 Å². The Kier molecular flexibility index (Phi) is 6.20. The maximum atomic E-state index is 6.76. The Balaban J connectivity index is 2.05. The summed E-state index contributed by atoms with van der Waals surface area (Å²) in [5.41, 5.74) is 11.7. The Labute approximate surface area is 195 Å². The van der Waals surface area contributed by atoms with E-state index in [1.54, 1.807) is 0 Å². The second kappa shape index (κ2) is 8.42. The van der Waals surface area contributed by atoms with Gasteiger partial charge in [0.25, 0.3) is 0 Å². The molecule has 30 heavy (non-hydrogen) atoms. The van der Waals surface area contributed by atoms with E-state index in [9.17, 15) is 0 Å². The predicted molar refractivity (Wildman–Crippen MR) is 129 cm³/mol. The van der Waals surface area contributed by atoms with E-state index in [1.807, 2.05) is 0 Å². The van der Waals surface area contributed by atoms with E-state index < -0.39 is 19.4 Å². The van der Waals surface area contributed by atoms with Crippen molar-refractivity contribution in [1.82, 2.24) is 0 Å². The molecule has 1 aliphatic rings. The van der Waals surface area contributed by atoms with Crippen molar-refractivity contribution in [1.29, 1.82) is 0 Å². The SMILES string of the molecule is Cc1cc(C)cc(-c2c(C(C)(C)C)ccc3c2C=C(c2ccccc2)[CH]3[Zr]([Cl])[Cl])c1. The molecule has 0 amide bonds. The third-order valence-electron chi connectivity index (χ3n) is 5.84. The Morgan fingerprint density at radius 2 is 1.43 bits per heavy atom. The molecule has 0 bridgehead atoms. The van der Waals surface area contributed by atoms with Crippen molar-refractivity contribution < 1.29 is 19.4 Å². The molecule has 1 aliphatic carbocycles. The molecule has 0 aliphatic heterocycles. The molecule has 0 heterocycles. The molecule has 0 N–H and O–H groups in total. The second-order valence-electron chi connectivity index (χ2n) is 9.31. The first-order valence-electron chi connectivity index (χ1n) is 10.4. The number of halogens is 2. The second-order valence-corrected chi connectivity index (χ2v) is 18.1. The van der Waals surface area contributed by atoms with E-state index in [-0.39, 0.29) is 9.04 Å².